The van der Waals surface area contributed by atoms with Gasteiger partial charge in [0.1, 0.15) is 11.0 Å². The molecule has 0 spiro atoms. The normalized spacial score (nSPS) is 11.1. The van der Waals surface area contributed by atoms with Crippen molar-refractivity contribution in [1.29, 1.82) is 0 Å². The van der Waals surface area contributed by atoms with Gasteiger partial charge in [-0.05, 0) is 23.6 Å². The number of carbonyl (C=O) groups is 1. The van der Waals surface area contributed by atoms with Crippen LogP contribution in [0.25, 0.3) is 22.2 Å². The first-order valence-electron chi connectivity index (χ1n) is 12.3. The molecular weight excluding hydrogens is 480 g/mol. The number of hydrogen-bond donors (Lipinski definition) is 1. The predicted molar refractivity (Wildman–Crippen MR) is 150 cm³/mol. The molecule has 0 atom stereocenters. The molecule has 0 unspecified atom stereocenters. The number of amides is 1. The SMILES string of the molecule is CCN(Cc1ccccc1)C(=O)CSc1nc2c(-c3ccccc3)c[nH]c2c(=O)n1Cc1ccccc1. The van der Waals surface area contributed by atoms with E-state index >= 15 is 0 Å². The van der Waals surface area contributed by atoms with Gasteiger partial charge in [0.15, 0.2) is 5.16 Å². The Morgan fingerprint density at radius 2 is 1.54 bits per heavy atom. The topological polar surface area (TPSA) is 71.0 Å². The molecule has 2 aromatic heterocycles. The summed E-state index contributed by atoms with van der Waals surface area (Å²) in [6.45, 7) is 3.51. The number of thioether (sulfide) groups is 1. The van der Waals surface area contributed by atoms with Crippen molar-refractivity contribution in [3.63, 3.8) is 0 Å². The lowest BCUT2D eigenvalue weighted by Crippen LogP contribution is -2.32. The summed E-state index contributed by atoms with van der Waals surface area (Å²) in [5, 5.41) is 0.530. The number of aromatic nitrogens is 3. The Bertz CT molecular complexity index is 1550. The van der Waals surface area contributed by atoms with E-state index in [1.807, 2.05) is 109 Å². The number of rotatable bonds is 9. The zero-order valence-corrected chi connectivity index (χ0v) is 21.4. The van der Waals surface area contributed by atoms with Crippen LogP contribution in [0.2, 0.25) is 0 Å². The maximum Gasteiger partial charge on any atom is 0.278 e. The van der Waals surface area contributed by atoms with Crippen LogP contribution < -0.4 is 5.56 Å². The number of hydrogen-bond acceptors (Lipinski definition) is 4. The molecule has 0 fully saturated rings. The van der Waals surface area contributed by atoms with Gasteiger partial charge in [-0.3, -0.25) is 14.2 Å². The average Bonchev–Trinajstić information content (AvgIpc) is 3.38. The summed E-state index contributed by atoms with van der Waals surface area (Å²) >= 11 is 1.31. The lowest BCUT2D eigenvalue weighted by atomic mass is 10.1. The number of aromatic amines is 1. The van der Waals surface area contributed by atoms with Crippen molar-refractivity contribution in [2.45, 2.75) is 25.2 Å². The second-order valence-electron chi connectivity index (χ2n) is 8.75. The van der Waals surface area contributed by atoms with Crippen LogP contribution in [0.5, 0.6) is 0 Å². The maximum absolute atomic E-state index is 13.7. The largest absolute Gasteiger partial charge is 0.355 e. The van der Waals surface area contributed by atoms with Crippen LogP contribution in [0, 0.1) is 0 Å². The van der Waals surface area contributed by atoms with E-state index in [-0.39, 0.29) is 17.2 Å². The first kappa shape index (κ1) is 24.6. The third-order valence-electron chi connectivity index (χ3n) is 6.29. The first-order chi connectivity index (χ1) is 18.1. The van der Waals surface area contributed by atoms with Gasteiger partial charge in [0.05, 0.1) is 12.3 Å². The van der Waals surface area contributed by atoms with Crippen molar-refractivity contribution < 1.29 is 4.79 Å². The Hall–Kier alpha value is -4.10. The quantitative estimate of drug-likeness (QED) is 0.208. The van der Waals surface area contributed by atoms with Crippen molar-refractivity contribution in [3.05, 3.63) is 119 Å². The second kappa shape index (κ2) is 11.3. The van der Waals surface area contributed by atoms with Gasteiger partial charge in [-0.25, -0.2) is 4.98 Å². The smallest absolute Gasteiger partial charge is 0.278 e. The Morgan fingerprint density at radius 3 is 2.19 bits per heavy atom. The van der Waals surface area contributed by atoms with Gasteiger partial charge in [-0.15, -0.1) is 0 Å². The van der Waals surface area contributed by atoms with Gasteiger partial charge >= 0.3 is 0 Å². The van der Waals surface area contributed by atoms with E-state index in [0.717, 1.165) is 22.3 Å². The molecule has 0 aliphatic carbocycles. The third kappa shape index (κ3) is 5.52. The van der Waals surface area contributed by atoms with E-state index in [2.05, 4.69) is 4.98 Å². The highest BCUT2D eigenvalue weighted by Crippen LogP contribution is 2.28. The van der Waals surface area contributed by atoms with Crippen LogP contribution in [0.3, 0.4) is 0 Å². The third-order valence-corrected chi connectivity index (χ3v) is 7.26. The maximum atomic E-state index is 13.7. The summed E-state index contributed by atoms with van der Waals surface area (Å²) in [4.78, 5) is 36.8. The minimum Gasteiger partial charge on any atom is -0.355 e. The van der Waals surface area contributed by atoms with Gasteiger partial charge in [0.25, 0.3) is 5.56 Å². The minimum absolute atomic E-state index is 0.00862. The summed E-state index contributed by atoms with van der Waals surface area (Å²) in [5.74, 6) is 0.202. The Kier molecular flexibility index (Phi) is 7.51. The highest BCUT2D eigenvalue weighted by Gasteiger charge is 2.19. The molecule has 186 valence electrons. The predicted octanol–water partition coefficient (Wildman–Crippen LogP) is 5.58. The second-order valence-corrected chi connectivity index (χ2v) is 9.69. The molecule has 2 heterocycles. The molecule has 0 saturated heterocycles. The van der Waals surface area contributed by atoms with Gasteiger partial charge in [-0.1, -0.05) is 103 Å². The monoisotopic (exact) mass is 508 g/mol. The molecular formula is C30H28N4O2S. The molecule has 0 bridgehead atoms. The number of nitrogens with zero attached hydrogens (tertiary/aromatic N) is 3. The summed E-state index contributed by atoms with van der Waals surface area (Å²) in [6, 6.07) is 29.7. The molecule has 7 heteroatoms. The molecule has 1 amide bonds. The fraction of sp³-hybridized carbons (Fsp3) is 0.167. The van der Waals surface area contributed by atoms with Crippen molar-refractivity contribution in [2.75, 3.05) is 12.3 Å². The van der Waals surface area contributed by atoms with E-state index in [4.69, 9.17) is 4.98 Å². The van der Waals surface area contributed by atoms with Crippen molar-refractivity contribution in [3.8, 4) is 11.1 Å². The van der Waals surface area contributed by atoms with Crippen molar-refractivity contribution in [2.24, 2.45) is 0 Å². The molecule has 0 aliphatic rings. The number of H-pyrrole nitrogens is 1. The van der Waals surface area contributed by atoms with E-state index < -0.39 is 0 Å². The number of carbonyl (C=O) groups excluding carboxylic acids is 1. The van der Waals surface area contributed by atoms with Crippen LogP contribution in [-0.2, 0) is 17.9 Å². The van der Waals surface area contributed by atoms with Crippen molar-refractivity contribution >= 4 is 28.7 Å². The lowest BCUT2D eigenvalue weighted by molar-refractivity contribution is -0.128. The summed E-state index contributed by atoms with van der Waals surface area (Å²) in [7, 11) is 0. The molecule has 0 radical (unpaired) electrons. The van der Waals surface area contributed by atoms with Crippen LogP contribution in [-0.4, -0.2) is 37.6 Å². The standard InChI is InChI=1S/C30H28N4O2S/c1-2-33(19-22-12-6-3-7-13-22)26(35)21-37-30-32-27-25(24-16-10-5-11-17-24)18-31-28(27)29(36)34(30)20-23-14-8-4-9-15-23/h3-18,31H,2,19-21H2,1H3. The van der Waals surface area contributed by atoms with Gasteiger partial charge in [-0.2, -0.15) is 0 Å². The fourth-order valence-corrected chi connectivity index (χ4v) is 5.22. The highest BCUT2D eigenvalue weighted by molar-refractivity contribution is 7.99. The molecule has 37 heavy (non-hydrogen) atoms. The summed E-state index contributed by atoms with van der Waals surface area (Å²) < 4.78 is 1.66. The lowest BCUT2D eigenvalue weighted by Gasteiger charge is -2.21. The molecule has 5 rings (SSSR count). The molecule has 3 aromatic carbocycles. The number of fused-ring (bicyclic) bond motifs is 1. The minimum atomic E-state index is -0.150. The molecule has 6 nitrogen and oxygen atoms in total. The van der Waals surface area contributed by atoms with Crippen LogP contribution in [0.4, 0.5) is 0 Å². The molecule has 5 aromatic rings. The Balaban J connectivity index is 1.48. The van der Waals surface area contributed by atoms with Crippen LogP contribution in [0.1, 0.15) is 18.1 Å². The van der Waals surface area contributed by atoms with Gasteiger partial charge in [0.2, 0.25) is 5.91 Å². The Labute approximate surface area is 220 Å². The zero-order chi connectivity index (χ0) is 25.6. The van der Waals surface area contributed by atoms with Crippen LogP contribution in [0.15, 0.2) is 107 Å². The zero-order valence-electron chi connectivity index (χ0n) is 20.6. The molecule has 1 N–H and O–H groups in total. The molecule has 0 saturated carbocycles. The van der Waals surface area contributed by atoms with Crippen LogP contribution >= 0.6 is 11.8 Å². The van der Waals surface area contributed by atoms with Gasteiger partial charge < -0.3 is 9.88 Å². The summed E-state index contributed by atoms with van der Waals surface area (Å²) in [6.07, 6.45) is 1.83. The van der Waals surface area contributed by atoms with E-state index in [1.165, 1.54) is 11.8 Å². The Morgan fingerprint density at radius 1 is 0.919 bits per heavy atom. The van der Waals surface area contributed by atoms with Crippen molar-refractivity contribution in [1.82, 2.24) is 19.4 Å². The van der Waals surface area contributed by atoms with E-state index in [1.54, 1.807) is 4.57 Å². The van der Waals surface area contributed by atoms with Gasteiger partial charge in [0, 0.05) is 24.8 Å². The number of nitrogens with one attached hydrogen (secondary N) is 1. The average molecular weight is 509 g/mol. The summed E-state index contributed by atoms with van der Waals surface area (Å²) in [5.41, 5.74) is 4.86. The first-order valence-corrected chi connectivity index (χ1v) is 13.3. The molecule has 0 aliphatic heterocycles. The van der Waals surface area contributed by atoms with E-state index in [9.17, 15) is 9.59 Å². The highest BCUT2D eigenvalue weighted by atomic mass is 32.2. The van der Waals surface area contributed by atoms with E-state index in [0.29, 0.717) is 35.8 Å². The fourth-order valence-electron chi connectivity index (χ4n) is 4.32. The number of benzene rings is 3.